The maximum Gasteiger partial charge on any atom is 0.257 e. The van der Waals surface area contributed by atoms with Gasteiger partial charge in [0.05, 0.1) is 34.5 Å². The van der Waals surface area contributed by atoms with E-state index in [1.54, 1.807) is 13.8 Å². The number of nitrogens with zero attached hydrogens (tertiary/aromatic N) is 1. The van der Waals surface area contributed by atoms with Gasteiger partial charge in [-0.15, -0.1) is 0 Å². The Bertz CT molecular complexity index is 1030. The first-order chi connectivity index (χ1) is 13.7. The monoisotopic (exact) mass is 420 g/mol. The van der Waals surface area contributed by atoms with E-state index in [-0.39, 0.29) is 16.3 Å². The van der Waals surface area contributed by atoms with Crippen molar-refractivity contribution < 1.29 is 18.3 Å². The largest absolute Gasteiger partial charge is 0.355 e. The lowest BCUT2D eigenvalue weighted by Gasteiger charge is -2.32. The molecule has 0 fully saturated rings. The number of aryl methyl sites for hydroxylation is 1. The molecular weight excluding hydrogens is 402 g/mol. The number of anilines is 2. The first-order valence-electron chi connectivity index (χ1n) is 8.62. The molecule has 1 amide bonds. The fraction of sp³-hybridized carbons (Fsp3) is 0.200. The number of carbonyl (C=O) groups is 1. The van der Waals surface area contributed by atoms with Gasteiger partial charge in [-0.05, 0) is 49.7 Å². The molecule has 29 heavy (non-hydrogen) atoms. The van der Waals surface area contributed by atoms with Crippen LogP contribution in [0.2, 0.25) is 5.02 Å². The Hall–Kier alpha value is -2.97. The summed E-state index contributed by atoms with van der Waals surface area (Å²) in [4.78, 5) is 16.9. The van der Waals surface area contributed by atoms with E-state index in [0.29, 0.717) is 16.9 Å². The highest BCUT2D eigenvalue weighted by Gasteiger charge is 2.31. The molecule has 1 unspecified atom stereocenters. The van der Waals surface area contributed by atoms with Gasteiger partial charge in [0, 0.05) is 12.8 Å². The summed E-state index contributed by atoms with van der Waals surface area (Å²) in [7, 11) is 1.48. The van der Waals surface area contributed by atoms with Crippen LogP contribution in [0, 0.1) is 18.6 Å². The van der Waals surface area contributed by atoms with Crippen LogP contribution in [0.1, 0.15) is 22.8 Å². The normalized spacial score (nSPS) is 18.1. The summed E-state index contributed by atoms with van der Waals surface area (Å²) in [6.45, 7) is 3.40. The fourth-order valence-electron chi connectivity index (χ4n) is 2.73. The van der Waals surface area contributed by atoms with Gasteiger partial charge < -0.3 is 20.7 Å². The zero-order valence-electron chi connectivity index (χ0n) is 15.9. The molecule has 3 N–H and O–H groups in total. The summed E-state index contributed by atoms with van der Waals surface area (Å²) in [6, 6.07) is 6.43. The Morgan fingerprint density at radius 2 is 2.00 bits per heavy atom. The van der Waals surface area contributed by atoms with Gasteiger partial charge >= 0.3 is 0 Å². The maximum atomic E-state index is 14.1. The minimum Gasteiger partial charge on any atom is -0.355 e. The number of aliphatic imine (C=N–C) groups is 1. The van der Waals surface area contributed by atoms with Gasteiger partial charge in [0.1, 0.15) is 11.6 Å². The van der Waals surface area contributed by atoms with Gasteiger partial charge in [-0.2, -0.15) is 0 Å². The summed E-state index contributed by atoms with van der Waals surface area (Å²) in [5, 5.41) is 8.38. The molecule has 1 aliphatic heterocycles. The van der Waals surface area contributed by atoms with E-state index >= 15 is 0 Å². The van der Waals surface area contributed by atoms with Crippen LogP contribution in [0.4, 0.5) is 20.2 Å². The average Bonchev–Trinajstić information content (AvgIpc) is 2.68. The molecule has 3 rings (SSSR count). The SMILES string of the molecule is COC1(C)NC=NC=C1NC(=O)c1cc(Cl)c(F)cc1Nc1ccc(F)cc1C. The van der Waals surface area contributed by atoms with Crippen molar-refractivity contribution in [2.75, 3.05) is 12.4 Å². The van der Waals surface area contributed by atoms with E-state index in [1.807, 2.05) is 0 Å². The lowest BCUT2D eigenvalue weighted by molar-refractivity contribution is 0.0191. The van der Waals surface area contributed by atoms with E-state index in [1.165, 1.54) is 43.9 Å². The van der Waals surface area contributed by atoms with Crippen molar-refractivity contribution in [1.82, 2.24) is 10.6 Å². The molecule has 9 heteroatoms. The van der Waals surface area contributed by atoms with Crippen LogP contribution >= 0.6 is 11.6 Å². The second-order valence-corrected chi connectivity index (χ2v) is 6.96. The molecule has 6 nitrogen and oxygen atoms in total. The molecule has 1 aliphatic rings. The van der Waals surface area contributed by atoms with Crippen LogP contribution in [-0.4, -0.2) is 25.1 Å². The maximum absolute atomic E-state index is 14.1. The summed E-state index contributed by atoms with van der Waals surface area (Å²) in [5.41, 5.74) is 0.735. The van der Waals surface area contributed by atoms with Crippen molar-refractivity contribution in [3.8, 4) is 0 Å². The molecule has 0 aliphatic carbocycles. The molecule has 2 aromatic rings. The minimum atomic E-state index is -0.998. The second-order valence-electron chi connectivity index (χ2n) is 6.55. The zero-order chi connectivity index (χ0) is 21.2. The molecule has 1 atom stereocenters. The number of methoxy groups -OCH3 is 1. The van der Waals surface area contributed by atoms with Crippen LogP contribution in [0.5, 0.6) is 0 Å². The molecule has 0 bridgehead atoms. The van der Waals surface area contributed by atoms with Crippen molar-refractivity contribution in [3.05, 3.63) is 70.0 Å². The number of halogens is 3. The van der Waals surface area contributed by atoms with E-state index in [2.05, 4.69) is 20.9 Å². The first-order valence-corrected chi connectivity index (χ1v) is 9.00. The zero-order valence-corrected chi connectivity index (χ0v) is 16.7. The number of amides is 1. The van der Waals surface area contributed by atoms with Gasteiger partial charge in [-0.1, -0.05) is 11.6 Å². The third-order valence-corrected chi connectivity index (χ3v) is 4.84. The van der Waals surface area contributed by atoms with Crippen LogP contribution in [0.15, 0.2) is 47.2 Å². The van der Waals surface area contributed by atoms with Crippen molar-refractivity contribution in [1.29, 1.82) is 0 Å². The standard InChI is InChI=1S/C20H19ClF2N4O2/c1-11-6-12(22)4-5-16(11)26-17-8-15(23)14(21)7-13(17)19(28)27-18-9-24-10-25-20(18,2)29-3/h4-10,26H,1-3H3,(H,24,25)(H,27,28). The summed E-state index contributed by atoms with van der Waals surface area (Å²) >= 11 is 5.90. The van der Waals surface area contributed by atoms with E-state index in [9.17, 15) is 13.6 Å². The van der Waals surface area contributed by atoms with Gasteiger partial charge in [0.25, 0.3) is 5.91 Å². The van der Waals surface area contributed by atoms with Gasteiger partial charge in [-0.3, -0.25) is 4.79 Å². The van der Waals surface area contributed by atoms with Crippen LogP contribution in [-0.2, 0) is 4.74 Å². The van der Waals surface area contributed by atoms with E-state index < -0.39 is 23.3 Å². The van der Waals surface area contributed by atoms with Crippen LogP contribution in [0.25, 0.3) is 0 Å². The van der Waals surface area contributed by atoms with Crippen molar-refractivity contribution in [2.24, 2.45) is 4.99 Å². The highest BCUT2D eigenvalue weighted by molar-refractivity contribution is 6.31. The van der Waals surface area contributed by atoms with Crippen LogP contribution in [0.3, 0.4) is 0 Å². The number of hydrogen-bond acceptors (Lipinski definition) is 5. The lowest BCUT2D eigenvalue weighted by atomic mass is 10.1. The van der Waals surface area contributed by atoms with E-state index in [4.69, 9.17) is 16.3 Å². The number of rotatable bonds is 5. The van der Waals surface area contributed by atoms with Gasteiger partial charge in [0.2, 0.25) is 0 Å². The predicted octanol–water partition coefficient (Wildman–Crippen LogP) is 4.24. The smallest absolute Gasteiger partial charge is 0.257 e. The third kappa shape index (κ3) is 4.38. The summed E-state index contributed by atoms with van der Waals surface area (Å²) < 4.78 is 32.9. The fourth-order valence-corrected chi connectivity index (χ4v) is 2.90. The highest BCUT2D eigenvalue weighted by atomic mass is 35.5. The lowest BCUT2D eigenvalue weighted by Crippen LogP contribution is -2.51. The minimum absolute atomic E-state index is 0.0917. The number of carbonyl (C=O) groups excluding carboxylic acids is 1. The van der Waals surface area contributed by atoms with Gasteiger partial charge in [-0.25, -0.2) is 13.8 Å². The van der Waals surface area contributed by atoms with Crippen molar-refractivity contribution in [2.45, 2.75) is 19.6 Å². The molecule has 0 spiro atoms. The number of benzene rings is 2. The quantitative estimate of drug-likeness (QED) is 0.676. The molecule has 2 aromatic carbocycles. The summed E-state index contributed by atoms with van der Waals surface area (Å²) in [5.74, 6) is -1.65. The molecule has 152 valence electrons. The Morgan fingerprint density at radius 1 is 1.24 bits per heavy atom. The Kier molecular flexibility index (Phi) is 5.86. The third-order valence-electron chi connectivity index (χ3n) is 4.55. The predicted molar refractivity (Wildman–Crippen MR) is 108 cm³/mol. The van der Waals surface area contributed by atoms with Crippen molar-refractivity contribution >= 4 is 35.2 Å². The van der Waals surface area contributed by atoms with E-state index in [0.717, 1.165) is 6.07 Å². The molecule has 0 saturated carbocycles. The topological polar surface area (TPSA) is 74.8 Å². The summed E-state index contributed by atoms with van der Waals surface area (Å²) in [6.07, 6.45) is 2.89. The molecule has 0 radical (unpaired) electrons. The molecular formula is C20H19ClF2N4O2. The van der Waals surface area contributed by atoms with Crippen LogP contribution < -0.4 is 16.0 Å². The Labute approximate surface area is 171 Å². The molecule has 0 saturated heterocycles. The molecule has 0 aromatic heterocycles. The average molecular weight is 421 g/mol. The number of nitrogens with one attached hydrogen (secondary N) is 3. The Morgan fingerprint density at radius 3 is 2.69 bits per heavy atom. The second kappa shape index (κ2) is 8.18. The highest BCUT2D eigenvalue weighted by Crippen LogP contribution is 2.29. The number of hydrogen-bond donors (Lipinski definition) is 3. The number of ether oxygens (including phenoxy) is 1. The first kappa shape index (κ1) is 20.8. The Balaban J connectivity index is 1.96. The van der Waals surface area contributed by atoms with Crippen molar-refractivity contribution in [3.63, 3.8) is 0 Å². The molecule has 1 heterocycles. The van der Waals surface area contributed by atoms with Gasteiger partial charge in [0.15, 0.2) is 5.72 Å².